The van der Waals surface area contributed by atoms with Gasteiger partial charge in [0.2, 0.25) is 10.0 Å². The molecule has 0 N–H and O–H groups in total. The van der Waals surface area contributed by atoms with Crippen molar-refractivity contribution in [3.05, 3.63) is 28.2 Å². The third-order valence-electron chi connectivity index (χ3n) is 4.26. The van der Waals surface area contributed by atoms with Crippen molar-refractivity contribution >= 4 is 26.0 Å². The fourth-order valence-corrected chi connectivity index (χ4v) is 4.82. The highest BCUT2D eigenvalue weighted by atomic mass is 79.9. The quantitative estimate of drug-likeness (QED) is 0.813. The third-order valence-corrected chi connectivity index (χ3v) is 6.79. The molecule has 1 unspecified atom stereocenters. The van der Waals surface area contributed by atoms with Gasteiger partial charge in [-0.25, -0.2) is 8.42 Å². The molecule has 4 nitrogen and oxygen atoms in total. The molecule has 1 aliphatic heterocycles. The Balaban J connectivity index is 2.17. The van der Waals surface area contributed by atoms with Gasteiger partial charge in [-0.05, 0) is 38.0 Å². The molecule has 1 saturated heterocycles. The molecule has 0 saturated carbocycles. The van der Waals surface area contributed by atoms with Crippen LogP contribution in [0.3, 0.4) is 0 Å². The van der Waals surface area contributed by atoms with E-state index < -0.39 is 10.0 Å². The lowest BCUT2D eigenvalue weighted by Gasteiger charge is -2.37. The number of hydrogen-bond donors (Lipinski definition) is 0. The zero-order valence-electron chi connectivity index (χ0n) is 12.8. The molecule has 0 aliphatic carbocycles. The Bertz CT molecular complexity index is 596. The van der Waals surface area contributed by atoms with Gasteiger partial charge >= 0.3 is 0 Å². The SMILES string of the molecule is CCC(C)N1CCN(S(=O)(=O)c2cc(Br)ccc2C)CC1. The summed E-state index contributed by atoms with van der Waals surface area (Å²) in [7, 11) is -3.39. The Hall–Kier alpha value is -0.430. The van der Waals surface area contributed by atoms with E-state index in [2.05, 4.69) is 34.7 Å². The molecule has 0 aromatic heterocycles. The standard InChI is InChI=1S/C15H23BrN2O2S/c1-4-13(3)17-7-9-18(10-8-17)21(19,20)15-11-14(16)6-5-12(15)2/h5-6,11,13H,4,7-10H2,1-3H3. The number of aryl methyl sites for hydroxylation is 1. The summed E-state index contributed by atoms with van der Waals surface area (Å²) >= 11 is 3.36. The van der Waals surface area contributed by atoms with Gasteiger partial charge in [-0.1, -0.05) is 28.9 Å². The van der Waals surface area contributed by atoms with E-state index in [1.54, 1.807) is 10.4 Å². The van der Waals surface area contributed by atoms with Crippen molar-refractivity contribution < 1.29 is 8.42 Å². The molecule has 1 heterocycles. The molecule has 1 aromatic rings. The first kappa shape index (κ1) is 16.9. The minimum absolute atomic E-state index is 0.411. The van der Waals surface area contributed by atoms with Crippen LogP contribution in [0.5, 0.6) is 0 Å². The van der Waals surface area contributed by atoms with Crippen molar-refractivity contribution in [2.75, 3.05) is 26.2 Å². The highest BCUT2D eigenvalue weighted by Gasteiger charge is 2.30. The summed E-state index contributed by atoms with van der Waals surface area (Å²) in [6.45, 7) is 8.95. The van der Waals surface area contributed by atoms with Crippen LogP contribution in [0.1, 0.15) is 25.8 Å². The predicted octanol–water partition coefficient (Wildman–Crippen LogP) is 2.86. The van der Waals surface area contributed by atoms with Crippen LogP contribution in [0.2, 0.25) is 0 Å². The van der Waals surface area contributed by atoms with E-state index in [0.29, 0.717) is 24.0 Å². The molecular formula is C15H23BrN2O2S. The number of nitrogens with zero attached hydrogens (tertiary/aromatic N) is 2. The Morgan fingerprint density at radius 2 is 1.86 bits per heavy atom. The van der Waals surface area contributed by atoms with Crippen LogP contribution in [-0.2, 0) is 10.0 Å². The minimum atomic E-state index is -3.39. The van der Waals surface area contributed by atoms with Gasteiger partial charge in [-0.15, -0.1) is 0 Å². The zero-order chi connectivity index (χ0) is 15.6. The van der Waals surface area contributed by atoms with Gasteiger partial charge in [-0.2, -0.15) is 4.31 Å². The second-order valence-corrected chi connectivity index (χ2v) is 8.43. The molecule has 2 rings (SSSR count). The van der Waals surface area contributed by atoms with Gasteiger partial charge in [0.1, 0.15) is 0 Å². The molecule has 0 radical (unpaired) electrons. The monoisotopic (exact) mass is 374 g/mol. The fraction of sp³-hybridized carbons (Fsp3) is 0.600. The molecule has 1 atom stereocenters. The predicted molar refractivity (Wildman–Crippen MR) is 89.0 cm³/mol. The Labute approximate surface area is 136 Å². The lowest BCUT2D eigenvalue weighted by atomic mass is 10.2. The van der Waals surface area contributed by atoms with E-state index in [0.717, 1.165) is 29.5 Å². The average Bonchev–Trinajstić information content (AvgIpc) is 2.49. The van der Waals surface area contributed by atoms with E-state index in [1.807, 2.05) is 19.1 Å². The molecule has 1 aromatic carbocycles. The minimum Gasteiger partial charge on any atom is -0.298 e. The molecule has 21 heavy (non-hydrogen) atoms. The number of rotatable bonds is 4. The maximum atomic E-state index is 12.8. The van der Waals surface area contributed by atoms with Crippen LogP contribution in [0, 0.1) is 6.92 Å². The average molecular weight is 375 g/mol. The lowest BCUT2D eigenvalue weighted by Crippen LogP contribution is -2.51. The van der Waals surface area contributed by atoms with Crippen molar-refractivity contribution in [2.24, 2.45) is 0 Å². The number of piperazine rings is 1. The zero-order valence-corrected chi connectivity index (χ0v) is 15.2. The van der Waals surface area contributed by atoms with Gasteiger partial charge in [0.25, 0.3) is 0 Å². The highest BCUT2D eigenvalue weighted by Crippen LogP contribution is 2.25. The van der Waals surface area contributed by atoms with E-state index in [1.165, 1.54) is 0 Å². The lowest BCUT2D eigenvalue weighted by molar-refractivity contribution is 0.142. The number of hydrogen-bond acceptors (Lipinski definition) is 3. The number of halogens is 1. The summed E-state index contributed by atoms with van der Waals surface area (Å²) in [6, 6.07) is 5.93. The van der Waals surface area contributed by atoms with Crippen LogP contribution in [0.25, 0.3) is 0 Å². The van der Waals surface area contributed by atoms with E-state index in [4.69, 9.17) is 0 Å². The summed E-state index contributed by atoms with van der Waals surface area (Å²) in [4.78, 5) is 2.77. The van der Waals surface area contributed by atoms with Gasteiger partial charge in [-0.3, -0.25) is 4.90 Å². The topological polar surface area (TPSA) is 40.6 Å². The van der Waals surface area contributed by atoms with Crippen molar-refractivity contribution in [3.63, 3.8) is 0 Å². The van der Waals surface area contributed by atoms with Crippen molar-refractivity contribution in [2.45, 2.75) is 38.1 Å². The first-order valence-electron chi connectivity index (χ1n) is 7.36. The number of benzene rings is 1. The van der Waals surface area contributed by atoms with Crippen LogP contribution in [-0.4, -0.2) is 49.8 Å². The normalized spacial score (nSPS) is 19.6. The van der Waals surface area contributed by atoms with Crippen LogP contribution < -0.4 is 0 Å². The third kappa shape index (κ3) is 3.67. The smallest absolute Gasteiger partial charge is 0.243 e. The van der Waals surface area contributed by atoms with Crippen LogP contribution >= 0.6 is 15.9 Å². The summed E-state index contributed by atoms with van der Waals surface area (Å²) in [5, 5.41) is 0. The first-order chi connectivity index (χ1) is 9.86. The van der Waals surface area contributed by atoms with Gasteiger partial charge in [0.15, 0.2) is 0 Å². The Kier molecular flexibility index (Phi) is 5.46. The van der Waals surface area contributed by atoms with Gasteiger partial charge in [0, 0.05) is 36.7 Å². The maximum Gasteiger partial charge on any atom is 0.243 e. The molecule has 118 valence electrons. The molecule has 6 heteroatoms. The Morgan fingerprint density at radius 1 is 1.24 bits per heavy atom. The van der Waals surface area contributed by atoms with E-state index in [9.17, 15) is 8.42 Å². The summed E-state index contributed by atoms with van der Waals surface area (Å²) in [5.74, 6) is 0. The molecule has 0 amide bonds. The molecule has 1 fully saturated rings. The summed E-state index contributed by atoms with van der Waals surface area (Å²) < 4.78 is 28.0. The largest absolute Gasteiger partial charge is 0.298 e. The molecule has 0 bridgehead atoms. The van der Waals surface area contributed by atoms with Crippen LogP contribution in [0.15, 0.2) is 27.6 Å². The molecule has 1 aliphatic rings. The van der Waals surface area contributed by atoms with E-state index >= 15 is 0 Å². The van der Waals surface area contributed by atoms with Gasteiger partial charge < -0.3 is 0 Å². The summed E-state index contributed by atoms with van der Waals surface area (Å²) in [5.41, 5.74) is 0.794. The second-order valence-electron chi connectivity index (χ2n) is 5.61. The van der Waals surface area contributed by atoms with Crippen LogP contribution in [0.4, 0.5) is 0 Å². The van der Waals surface area contributed by atoms with Gasteiger partial charge in [0.05, 0.1) is 4.90 Å². The highest BCUT2D eigenvalue weighted by molar-refractivity contribution is 9.10. The van der Waals surface area contributed by atoms with Crippen molar-refractivity contribution in [3.8, 4) is 0 Å². The Morgan fingerprint density at radius 3 is 2.43 bits per heavy atom. The summed E-state index contributed by atoms with van der Waals surface area (Å²) in [6.07, 6.45) is 1.09. The number of sulfonamides is 1. The molecular weight excluding hydrogens is 352 g/mol. The van der Waals surface area contributed by atoms with Crippen molar-refractivity contribution in [1.82, 2.24) is 9.21 Å². The van der Waals surface area contributed by atoms with E-state index in [-0.39, 0.29) is 0 Å². The van der Waals surface area contributed by atoms with Crippen molar-refractivity contribution in [1.29, 1.82) is 0 Å². The first-order valence-corrected chi connectivity index (χ1v) is 9.60. The molecule has 0 spiro atoms. The maximum absolute atomic E-state index is 12.8. The second kappa shape index (κ2) is 6.77. The fourth-order valence-electron chi connectivity index (χ4n) is 2.63.